The van der Waals surface area contributed by atoms with Gasteiger partial charge in [0.15, 0.2) is 18.2 Å². The molecule has 36 heavy (non-hydrogen) atoms. The van der Waals surface area contributed by atoms with Crippen molar-refractivity contribution in [2.75, 3.05) is 30.0 Å². The van der Waals surface area contributed by atoms with E-state index in [1.54, 1.807) is 36.5 Å². The number of rotatable bonds is 6. The van der Waals surface area contributed by atoms with Crippen molar-refractivity contribution in [3.8, 4) is 16.9 Å². The molecule has 0 bridgehead atoms. The van der Waals surface area contributed by atoms with Gasteiger partial charge in [0.2, 0.25) is 0 Å². The molecule has 1 amide bonds. The summed E-state index contributed by atoms with van der Waals surface area (Å²) in [5.74, 6) is 2.03. The number of amides is 1. The average Bonchev–Trinajstić information content (AvgIpc) is 2.98. The molecule has 1 aromatic carbocycles. The summed E-state index contributed by atoms with van der Waals surface area (Å²) >= 11 is 0. The maximum absolute atomic E-state index is 13.3. The molecule has 0 saturated heterocycles. The van der Waals surface area contributed by atoms with E-state index in [0.29, 0.717) is 31.0 Å². The number of hydrogen-bond donors (Lipinski definition) is 0. The molecule has 8 nitrogen and oxygen atoms in total. The summed E-state index contributed by atoms with van der Waals surface area (Å²) in [5, 5.41) is 11.3. The fourth-order valence-corrected chi connectivity index (χ4v) is 4.43. The highest BCUT2D eigenvalue weighted by Crippen LogP contribution is 2.37. The van der Waals surface area contributed by atoms with E-state index in [0.717, 1.165) is 44.2 Å². The molecule has 0 saturated carbocycles. The van der Waals surface area contributed by atoms with Gasteiger partial charge in [0.1, 0.15) is 11.6 Å². The zero-order chi connectivity index (χ0) is 25.2. The van der Waals surface area contributed by atoms with Crippen LogP contribution in [0.5, 0.6) is 5.75 Å². The third-order valence-electron chi connectivity index (χ3n) is 6.37. The first-order chi connectivity index (χ1) is 17.5. The molecule has 0 unspecified atom stereocenters. The number of aromatic nitrogens is 3. The van der Waals surface area contributed by atoms with E-state index in [1.165, 1.54) is 12.4 Å². The minimum atomic E-state index is -0.111. The minimum absolute atomic E-state index is 0.111. The first kappa shape index (κ1) is 23.3. The van der Waals surface area contributed by atoms with Crippen LogP contribution < -0.4 is 19.3 Å². The summed E-state index contributed by atoms with van der Waals surface area (Å²) in [4.78, 5) is 26.1. The van der Waals surface area contributed by atoms with E-state index in [4.69, 9.17) is 4.74 Å². The molecule has 0 atom stereocenters. The number of carbonyl (C=O) groups excluding carboxylic acids is 1. The van der Waals surface area contributed by atoms with Gasteiger partial charge >= 0.3 is 0 Å². The smallest absolute Gasteiger partial charge is 0.261 e. The van der Waals surface area contributed by atoms with Crippen LogP contribution in [0.1, 0.15) is 28.4 Å². The molecule has 0 fully saturated rings. The quantitative estimate of drug-likeness (QED) is 0.299. The second kappa shape index (κ2) is 9.65. The second-order valence-electron chi connectivity index (χ2n) is 8.69. The standard InChI is InChI=1S/C28H27N5O3/c1-4-33-26-23(28(34)31(3)24-6-5-12-29-27(24)33)17-20(18-30-26)11-15-36-25-8-7-22(16-19(25)2)21-9-13-32(35)14-10-21/h5-10,12-14,16-18H,4,11,15H2,1-3H3. The Kier molecular flexibility index (Phi) is 6.25. The van der Waals surface area contributed by atoms with Gasteiger partial charge in [-0.3, -0.25) is 4.79 Å². The lowest BCUT2D eigenvalue weighted by molar-refractivity contribution is -0.605. The highest BCUT2D eigenvalue weighted by atomic mass is 16.5. The van der Waals surface area contributed by atoms with Gasteiger partial charge in [0.25, 0.3) is 5.91 Å². The Bertz CT molecular complexity index is 1420. The van der Waals surface area contributed by atoms with E-state index in [9.17, 15) is 10.0 Å². The van der Waals surface area contributed by atoms with Crippen LogP contribution in [0.4, 0.5) is 17.3 Å². The Morgan fingerprint density at radius 3 is 2.58 bits per heavy atom. The van der Waals surface area contributed by atoms with Crippen molar-refractivity contribution in [3.63, 3.8) is 0 Å². The zero-order valence-electron chi connectivity index (χ0n) is 20.5. The van der Waals surface area contributed by atoms with Crippen LogP contribution in [0.3, 0.4) is 0 Å². The van der Waals surface area contributed by atoms with Gasteiger partial charge in [-0.2, -0.15) is 4.73 Å². The highest BCUT2D eigenvalue weighted by Gasteiger charge is 2.30. The Labute approximate surface area is 210 Å². The second-order valence-corrected chi connectivity index (χ2v) is 8.69. The maximum atomic E-state index is 13.3. The molecule has 0 radical (unpaired) electrons. The fourth-order valence-electron chi connectivity index (χ4n) is 4.43. The lowest BCUT2D eigenvalue weighted by Crippen LogP contribution is -2.25. The molecule has 5 rings (SSSR count). The molecule has 0 N–H and O–H groups in total. The monoisotopic (exact) mass is 481 g/mol. The number of pyridine rings is 3. The van der Waals surface area contributed by atoms with E-state index in [2.05, 4.69) is 9.97 Å². The first-order valence-electron chi connectivity index (χ1n) is 11.9. The summed E-state index contributed by atoms with van der Waals surface area (Å²) in [6.07, 6.45) is 7.12. The van der Waals surface area contributed by atoms with Crippen molar-refractivity contribution in [2.45, 2.75) is 20.3 Å². The van der Waals surface area contributed by atoms with Crippen LogP contribution in [-0.4, -0.2) is 36.1 Å². The molecule has 182 valence electrons. The molecule has 4 heterocycles. The Balaban J connectivity index is 1.32. The molecule has 0 aliphatic carbocycles. The molecule has 4 aromatic rings. The Morgan fingerprint density at radius 2 is 1.83 bits per heavy atom. The summed E-state index contributed by atoms with van der Waals surface area (Å²) in [5.41, 5.74) is 5.24. The zero-order valence-corrected chi connectivity index (χ0v) is 20.5. The number of carbonyl (C=O) groups is 1. The number of hydrogen-bond acceptors (Lipinski definition) is 6. The molecular weight excluding hydrogens is 454 g/mol. The highest BCUT2D eigenvalue weighted by molar-refractivity contribution is 6.12. The van der Waals surface area contributed by atoms with E-state index in [-0.39, 0.29) is 5.91 Å². The van der Waals surface area contributed by atoms with Gasteiger partial charge in [0.05, 0.1) is 17.9 Å². The fraction of sp³-hybridized carbons (Fsp3) is 0.214. The summed E-state index contributed by atoms with van der Waals surface area (Å²) in [7, 11) is 1.77. The predicted octanol–water partition coefficient (Wildman–Crippen LogP) is 4.45. The normalized spacial score (nSPS) is 12.7. The summed E-state index contributed by atoms with van der Waals surface area (Å²) in [6, 6.07) is 15.2. The van der Waals surface area contributed by atoms with Gasteiger partial charge in [0, 0.05) is 44.5 Å². The molecule has 8 heteroatoms. The van der Waals surface area contributed by atoms with Gasteiger partial charge in [-0.15, -0.1) is 0 Å². The van der Waals surface area contributed by atoms with Crippen molar-refractivity contribution < 1.29 is 14.3 Å². The van der Waals surface area contributed by atoms with Crippen LogP contribution in [0.25, 0.3) is 11.1 Å². The Morgan fingerprint density at radius 1 is 1.03 bits per heavy atom. The van der Waals surface area contributed by atoms with Crippen molar-refractivity contribution in [2.24, 2.45) is 0 Å². The number of aryl methyl sites for hydroxylation is 1. The third kappa shape index (κ3) is 4.33. The number of ether oxygens (including phenoxy) is 1. The van der Waals surface area contributed by atoms with Crippen molar-refractivity contribution in [1.82, 2.24) is 9.97 Å². The van der Waals surface area contributed by atoms with E-state index in [1.807, 2.05) is 55.1 Å². The van der Waals surface area contributed by atoms with Gasteiger partial charge < -0.3 is 19.7 Å². The number of benzene rings is 1. The van der Waals surface area contributed by atoms with Crippen molar-refractivity contribution in [3.05, 3.63) is 95.2 Å². The van der Waals surface area contributed by atoms with E-state index < -0.39 is 0 Å². The first-order valence-corrected chi connectivity index (χ1v) is 11.9. The number of nitrogens with zero attached hydrogens (tertiary/aromatic N) is 5. The lowest BCUT2D eigenvalue weighted by atomic mass is 10.0. The van der Waals surface area contributed by atoms with Gasteiger partial charge in [-0.25, -0.2) is 9.97 Å². The van der Waals surface area contributed by atoms with Crippen molar-refractivity contribution >= 4 is 23.2 Å². The SMILES string of the molecule is CCN1c2ncc(CCOc3ccc(-c4cc[n+]([O-])cc4)cc3C)cc2C(=O)N(C)c2cccnc21. The average molecular weight is 482 g/mol. The van der Waals surface area contributed by atoms with Crippen LogP contribution >= 0.6 is 0 Å². The van der Waals surface area contributed by atoms with Crippen LogP contribution in [-0.2, 0) is 6.42 Å². The Hall–Kier alpha value is -4.46. The summed E-state index contributed by atoms with van der Waals surface area (Å²) in [6.45, 7) is 5.11. The molecule has 1 aliphatic rings. The number of anilines is 3. The van der Waals surface area contributed by atoms with Gasteiger partial charge in [-0.05, 0) is 66.4 Å². The van der Waals surface area contributed by atoms with Crippen LogP contribution in [0.2, 0.25) is 0 Å². The summed E-state index contributed by atoms with van der Waals surface area (Å²) < 4.78 is 6.83. The largest absolute Gasteiger partial charge is 0.619 e. The topological polar surface area (TPSA) is 85.5 Å². The van der Waals surface area contributed by atoms with E-state index >= 15 is 0 Å². The molecular formula is C28H27N5O3. The van der Waals surface area contributed by atoms with Crippen LogP contribution in [0.15, 0.2) is 73.3 Å². The van der Waals surface area contributed by atoms with Gasteiger partial charge in [-0.1, -0.05) is 6.07 Å². The van der Waals surface area contributed by atoms with Crippen LogP contribution in [0, 0.1) is 12.1 Å². The molecule has 0 spiro atoms. The lowest BCUT2D eigenvalue weighted by Gasteiger charge is -2.22. The molecule has 1 aliphatic heterocycles. The van der Waals surface area contributed by atoms with Crippen molar-refractivity contribution in [1.29, 1.82) is 0 Å². The maximum Gasteiger partial charge on any atom is 0.261 e. The number of fused-ring (bicyclic) bond motifs is 2. The molecule has 3 aromatic heterocycles. The predicted molar refractivity (Wildman–Crippen MR) is 139 cm³/mol. The third-order valence-corrected chi connectivity index (χ3v) is 6.37. The minimum Gasteiger partial charge on any atom is -0.619 e.